The molecule has 2 aromatic rings. The van der Waals surface area contributed by atoms with E-state index in [2.05, 4.69) is 15.5 Å². The molecule has 122 valence electrons. The first kappa shape index (κ1) is 16.0. The normalized spacial score (nSPS) is 22.0. The molecule has 7 heteroatoms. The molecule has 1 aromatic heterocycles. The smallest absolute Gasteiger partial charge is 0.249 e. The minimum Gasteiger partial charge on any atom is -0.392 e. The predicted octanol–water partition coefficient (Wildman–Crippen LogP) is 2.73. The van der Waals surface area contributed by atoms with Gasteiger partial charge in [0.25, 0.3) is 0 Å². The molecular weight excluding hydrogens is 318 g/mol. The lowest BCUT2D eigenvalue weighted by Gasteiger charge is -2.16. The number of aliphatic hydroxyl groups is 1. The zero-order valence-electron chi connectivity index (χ0n) is 12.7. The third-order valence-electron chi connectivity index (χ3n) is 4.09. The summed E-state index contributed by atoms with van der Waals surface area (Å²) in [5.74, 6) is 0.249. The van der Waals surface area contributed by atoms with Crippen LogP contribution in [0.4, 0.5) is 0 Å². The van der Waals surface area contributed by atoms with Gasteiger partial charge in [-0.15, -0.1) is 0 Å². The first-order chi connectivity index (χ1) is 11.0. The highest BCUT2D eigenvalue weighted by Gasteiger charge is 2.32. The Balaban J connectivity index is 1.67. The second-order valence-electron chi connectivity index (χ2n) is 5.80. The molecule has 23 heavy (non-hydrogen) atoms. The number of halogens is 1. The van der Waals surface area contributed by atoms with E-state index >= 15 is 0 Å². The molecule has 3 unspecified atom stereocenters. The summed E-state index contributed by atoms with van der Waals surface area (Å²) in [6.45, 7) is 1.78. The number of hydrogen-bond acceptors (Lipinski definition) is 5. The van der Waals surface area contributed by atoms with Gasteiger partial charge in [-0.2, -0.15) is 4.98 Å². The van der Waals surface area contributed by atoms with Crippen LogP contribution in [0.3, 0.4) is 0 Å². The summed E-state index contributed by atoms with van der Waals surface area (Å²) in [5.41, 5.74) is 0.786. The average Bonchev–Trinajstić information content (AvgIpc) is 3.17. The number of carbonyl (C=O) groups excluding carboxylic acids is 1. The van der Waals surface area contributed by atoms with Gasteiger partial charge in [-0.1, -0.05) is 16.8 Å². The van der Waals surface area contributed by atoms with E-state index in [1.807, 2.05) is 0 Å². The largest absolute Gasteiger partial charge is 0.392 e. The number of benzene rings is 1. The molecule has 1 aromatic carbocycles. The predicted molar refractivity (Wildman–Crippen MR) is 84.6 cm³/mol. The third-order valence-corrected chi connectivity index (χ3v) is 4.34. The van der Waals surface area contributed by atoms with Crippen molar-refractivity contribution in [3.63, 3.8) is 0 Å². The highest BCUT2D eigenvalue weighted by Crippen LogP contribution is 2.27. The molecule has 1 saturated carbocycles. The van der Waals surface area contributed by atoms with Crippen molar-refractivity contribution in [1.82, 2.24) is 15.5 Å². The van der Waals surface area contributed by atoms with Crippen molar-refractivity contribution in [1.29, 1.82) is 0 Å². The number of carbonyl (C=O) groups is 1. The van der Waals surface area contributed by atoms with Crippen molar-refractivity contribution in [3.05, 3.63) is 35.2 Å². The standard InChI is InChI=1S/C16H18ClN3O3/c1-9(18-15(22)12-3-2-4-13(12)21)16-19-14(20-23-16)10-5-7-11(17)8-6-10/h5-9,12-13,21H,2-4H2,1H3,(H,18,22). The monoisotopic (exact) mass is 335 g/mol. The molecule has 3 atom stereocenters. The summed E-state index contributed by atoms with van der Waals surface area (Å²) < 4.78 is 5.23. The topological polar surface area (TPSA) is 88.2 Å². The maximum absolute atomic E-state index is 12.2. The van der Waals surface area contributed by atoms with E-state index in [-0.39, 0.29) is 11.8 Å². The number of aromatic nitrogens is 2. The van der Waals surface area contributed by atoms with Gasteiger partial charge in [0.2, 0.25) is 17.6 Å². The minimum atomic E-state index is -0.561. The van der Waals surface area contributed by atoms with Crippen molar-refractivity contribution in [2.24, 2.45) is 5.92 Å². The van der Waals surface area contributed by atoms with E-state index in [4.69, 9.17) is 16.1 Å². The van der Waals surface area contributed by atoms with Crippen LogP contribution >= 0.6 is 11.6 Å². The van der Waals surface area contributed by atoms with E-state index in [1.165, 1.54) is 0 Å². The van der Waals surface area contributed by atoms with E-state index < -0.39 is 12.1 Å². The van der Waals surface area contributed by atoms with Crippen molar-refractivity contribution >= 4 is 17.5 Å². The van der Waals surface area contributed by atoms with E-state index in [9.17, 15) is 9.90 Å². The molecule has 1 heterocycles. The molecule has 0 radical (unpaired) electrons. The van der Waals surface area contributed by atoms with Crippen LogP contribution in [0.2, 0.25) is 5.02 Å². The lowest BCUT2D eigenvalue weighted by atomic mass is 10.0. The van der Waals surface area contributed by atoms with Crippen LogP contribution in [0.25, 0.3) is 11.4 Å². The first-order valence-corrected chi connectivity index (χ1v) is 8.00. The summed E-state index contributed by atoms with van der Waals surface area (Å²) in [4.78, 5) is 16.5. The molecule has 0 spiro atoms. The molecule has 1 fully saturated rings. The van der Waals surface area contributed by atoms with Crippen LogP contribution in [0.15, 0.2) is 28.8 Å². The fraction of sp³-hybridized carbons (Fsp3) is 0.438. The molecular formula is C16H18ClN3O3. The van der Waals surface area contributed by atoms with E-state index in [1.54, 1.807) is 31.2 Å². The zero-order valence-corrected chi connectivity index (χ0v) is 13.5. The maximum atomic E-state index is 12.2. The molecule has 0 saturated heterocycles. The van der Waals surface area contributed by atoms with E-state index in [0.29, 0.717) is 29.6 Å². The van der Waals surface area contributed by atoms with E-state index in [0.717, 1.165) is 12.0 Å². The molecule has 0 bridgehead atoms. The maximum Gasteiger partial charge on any atom is 0.249 e. The van der Waals surface area contributed by atoms with Crippen molar-refractivity contribution in [3.8, 4) is 11.4 Å². The zero-order chi connectivity index (χ0) is 16.4. The lowest BCUT2D eigenvalue weighted by molar-refractivity contribution is -0.128. The minimum absolute atomic E-state index is 0.172. The van der Waals surface area contributed by atoms with Crippen molar-refractivity contribution < 1.29 is 14.4 Å². The van der Waals surface area contributed by atoms with Crippen LogP contribution in [0.1, 0.15) is 38.1 Å². The number of nitrogens with zero attached hydrogens (tertiary/aromatic N) is 2. The fourth-order valence-corrected chi connectivity index (χ4v) is 2.88. The van der Waals surface area contributed by atoms with Gasteiger partial charge in [0.05, 0.1) is 12.0 Å². The van der Waals surface area contributed by atoms with Crippen LogP contribution in [-0.4, -0.2) is 27.3 Å². The van der Waals surface area contributed by atoms with Gasteiger partial charge in [0.15, 0.2) is 0 Å². The number of aliphatic hydroxyl groups excluding tert-OH is 1. The molecule has 1 aliphatic carbocycles. The van der Waals surface area contributed by atoms with Crippen molar-refractivity contribution in [2.75, 3.05) is 0 Å². The number of hydrogen-bond donors (Lipinski definition) is 2. The fourth-order valence-electron chi connectivity index (χ4n) is 2.76. The molecule has 1 aliphatic rings. The molecule has 3 rings (SSSR count). The van der Waals surface area contributed by atoms with Crippen molar-refractivity contribution in [2.45, 2.75) is 38.3 Å². The summed E-state index contributed by atoms with van der Waals surface area (Å²) in [5, 5.41) is 17.2. The highest BCUT2D eigenvalue weighted by atomic mass is 35.5. The van der Waals surface area contributed by atoms with Gasteiger partial charge in [-0.05, 0) is 50.5 Å². The van der Waals surface area contributed by atoms with Gasteiger partial charge in [0.1, 0.15) is 6.04 Å². The Bertz CT molecular complexity index is 686. The second-order valence-corrected chi connectivity index (χ2v) is 6.23. The number of nitrogens with one attached hydrogen (secondary N) is 1. The SMILES string of the molecule is CC(NC(=O)C1CCCC1O)c1nc(-c2ccc(Cl)cc2)no1. The summed E-state index contributed by atoms with van der Waals surface area (Å²) in [6, 6.07) is 6.69. The first-order valence-electron chi connectivity index (χ1n) is 7.62. The quantitative estimate of drug-likeness (QED) is 0.896. The Labute approximate surface area is 138 Å². The average molecular weight is 336 g/mol. The molecule has 0 aliphatic heterocycles. The van der Waals surface area contributed by atoms with Gasteiger partial charge in [-0.3, -0.25) is 4.79 Å². The Morgan fingerprint density at radius 3 is 2.78 bits per heavy atom. The third kappa shape index (κ3) is 3.54. The van der Waals surface area contributed by atoms with Gasteiger partial charge >= 0.3 is 0 Å². The Morgan fingerprint density at radius 1 is 1.39 bits per heavy atom. The number of amides is 1. The summed E-state index contributed by atoms with van der Waals surface area (Å²) in [6.07, 6.45) is 1.69. The van der Waals surface area contributed by atoms with Crippen LogP contribution < -0.4 is 5.32 Å². The van der Waals surface area contributed by atoms with Crippen LogP contribution in [0.5, 0.6) is 0 Å². The molecule has 2 N–H and O–H groups in total. The Morgan fingerprint density at radius 2 is 2.13 bits per heavy atom. The van der Waals surface area contributed by atoms with Gasteiger partial charge < -0.3 is 14.9 Å². The van der Waals surface area contributed by atoms with Gasteiger partial charge in [0, 0.05) is 10.6 Å². The Kier molecular flexibility index (Phi) is 4.63. The van der Waals surface area contributed by atoms with Crippen LogP contribution in [-0.2, 0) is 4.79 Å². The lowest BCUT2D eigenvalue weighted by Crippen LogP contribution is -2.36. The van der Waals surface area contributed by atoms with Crippen LogP contribution in [0, 0.1) is 5.92 Å². The summed E-state index contributed by atoms with van der Waals surface area (Å²) in [7, 11) is 0. The summed E-state index contributed by atoms with van der Waals surface area (Å²) >= 11 is 5.85. The molecule has 1 amide bonds. The second kappa shape index (κ2) is 6.68. The Hall–Kier alpha value is -1.92. The highest BCUT2D eigenvalue weighted by molar-refractivity contribution is 6.30. The van der Waals surface area contributed by atoms with Gasteiger partial charge in [-0.25, -0.2) is 0 Å². The molecule has 6 nitrogen and oxygen atoms in total. The number of rotatable bonds is 4.